The van der Waals surface area contributed by atoms with E-state index in [1.54, 1.807) is 24.3 Å². The second-order valence-electron chi connectivity index (χ2n) is 5.28. The number of benzene rings is 1. The lowest BCUT2D eigenvalue weighted by molar-refractivity contribution is 0.0907. The van der Waals surface area contributed by atoms with Gasteiger partial charge in [-0.15, -0.1) is 0 Å². The number of nitrogens with one attached hydrogen (secondary N) is 1. The van der Waals surface area contributed by atoms with Crippen LogP contribution in [0.15, 0.2) is 42.6 Å². The van der Waals surface area contributed by atoms with Gasteiger partial charge in [-0.2, -0.15) is 0 Å². The third kappa shape index (κ3) is 3.12. The van der Waals surface area contributed by atoms with Crippen molar-refractivity contribution in [3.05, 3.63) is 58.9 Å². The van der Waals surface area contributed by atoms with Crippen LogP contribution in [-0.2, 0) is 0 Å². The summed E-state index contributed by atoms with van der Waals surface area (Å²) in [4.78, 5) is 12.2. The van der Waals surface area contributed by atoms with Gasteiger partial charge in [0.2, 0.25) is 0 Å². The molecular formula is C16H17ClN2O2. The van der Waals surface area contributed by atoms with E-state index in [1.165, 1.54) is 0 Å². The van der Waals surface area contributed by atoms with Crippen LogP contribution in [0.1, 0.15) is 41.0 Å². The monoisotopic (exact) mass is 304 g/mol. The Balaban J connectivity index is 1.63. The van der Waals surface area contributed by atoms with Crippen molar-refractivity contribution in [1.82, 2.24) is 9.88 Å². The Morgan fingerprint density at radius 2 is 2.10 bits per heavy atom. The van der Waals surface area contributed by atoms with Gasteiger partial charge in [0.05, 0.1) is 6.10 Å². The van der Waals surface area contributed by atoms with Crippen molar-refractivity contribution in [3.8, 4) is 0 Å². The number of carbonyl (C=O) groups is 1. The number of nitrogens with zero attached hydrogens (tertiary/aromatic N) is 1. The third-order valence-corrected chi connectivity index (χ3v) is 4.02. The van der Waals surface area contributed by atoms with Crippen molar-refractivity contribution >= 4 is 17.5 Å². The molecule has 4 nitrogen and oxygen atoms in total. The molecule has 0 aliphatic heterocycles. The number of rotatable bonds is 5. The minimum absolute atomic E-state index is 0.137. The van der Waals surface area contributed by atoms with Gasteiger partial charge in [-0.25, -0.2) is 0 Å². The van der Waals surface area contributed by atoms with Gasteiger partial charge in [-0.3, -0.25) is 4.79 Å². The van der Waals surface area contributed by atoms with E-state index < -0.39 is 6.10 Å². The number of halogens is 1. The van der Waals surface area contributed by atoms with E-state index in [2.05, 4.69) is 5.32 Å². The van der Waals surface area contributed by atoms with Crippen LogP contribution < -0.4 is 5.32 Å². The van der Waals surface area contributed by atoms with E-state index in [1.807, 2.05) is 22.9 Å². The van der Waals surface area contributed by atoms with Crippen LogP contribution in [0.3, 0.4) is 0 Å². The summed E-state index contributed by atoms with van der Waals surface area (Å²) >= 11 is 6.03. The molecule has 1 unspecified atom stereocenters. The topological polar surface area (TPSA) is 54.3 Å². The molecule has 2 N–H and O–H groups in total. The van der Waals surface area contributed by atoms with Crippen LogP contribution in [0, 0.1) is 0 Å². The number of hydrogen-bond donors (Lipinski definition) is 2. The normalized spacial score (nSPS) is 15.7. The lowest BCUT2D eigenvalue weighted by atomic mass is 10.1. The van der Waals surface area contributed by atoms with Crippen LogP contribution in [-0.4, -0.2) is 22.1 Å². The summed E-state index contributed by atoms with van der Waals surface area (Å²) in [5, 5.41) is 13.4. The van der Waals surface area contributed by atoms with E-state index in [0.29, 0.717) is 22.3 Å². The average molecular weight is 305 g/mol. The zero-order valence-electron chi connectivity index (χ0n) is 11.5. The second kappa shape index (κ2) is 5.92. The molecule has 0 radical (unpaired) electrons. The van der Waals surface area contributed by atoms with Gasteiger partial charge in [0.1, 0.15) is 5.69 Å². The van der Waals surface area contributed by atoms with Crippen LogP contribution in [0.25, 0.3) is 0 Å². The highest BCUT2D eigenvalue weighted by molar-refractivity contribution is 6.31. The molecule has 1 saturated carbocycles. The van der Waals surface area contributed by atoms with Crippen molar-refractivity contribution in [3.63, 3.8) is 0 Å². The van der Waals surface area contributed by atoms with Gasteiger partial charge in [-0.1, -0.05) is 29.8 Å². The number of aromatic nitrogens is 1. The molecule has 2 aromatic rings. The first kappa shape index (κ1) is 14.2. The Morgan fingerprint density at radius 1 is 1.33 bits per heavy atom. The molecule has 1 amide bonds. The average Bonchev–Trinajstić information content (AvgIpc) is 3.22. The summed E-state index contributed by atoms with van der Waals surface area (Å²) < 4.78 is 2.00. The smallest absolute Gasteiger partial charge is 0.268 e. The predicted molar refractivity (Wildman–Crippen MR) is 81.4 cm³/mol. The van der Waals surface area contributed by atoms with E-state index in [-0.39, 0.29) is 12.5 Å². The first-order chi connectivity index (χ1) is 10.2. The summed E-state index contributed by atoms with van der Waals surface area (Å²) in [7, 11) is 0. The van der Waals surface area contributed by atoms with E-state index >= 15 is 0 Å². The molecule has 1 aromatic heterocycles. The SMILES string of the molecule is O=C(NCC(O)c1ccccc1Cl)c1cccn1C1CC1. The molecule has 1 aliphatic carbocycles. The molecule has 1 aromatic carbocycles. The largest absolute Gasteiger partial charge is 0.387 e. The lowest BCUT2D eigenvalue weighted by Gasteiger charge is -2.14. The first-order valence-electron chi connectivity index (χ1n) is 7.04. The lowest BCUT2D eigenvalue weighted by Crippen LogP contribution is -2.30. The molecule has 0 saturated heterocycles. The maximum Gasteiger partial charge on any atom is 0.268 e. The second-order valence-corrected chi connectivity index (χ2v) is 5.69. The highest BCUT2D eigenvalue weighted by Crippen LogP contribution is 2.36. The summed E-state index contributed by atoms with van der Waals surface area (Å²) in [5.41, 5.74) is 1.26. The standard InChI is InChI=1S/C16H17ClN2O2/c17-13-5-2-1-4-12(13)15(20)10-18-16(21)14-6-3-9-19(14)11-7-8-11/h1-6,9,11,15,20H,7-8,10H2,(H,18,21). The fourth-order valence-corrected chi connectivity index (χ4v) is 2.65. The number of amides is 1. The maximum atomic E-state index is 12.2. The maximum absolute atomic E-state index is 12.2. The summed E-state index contributed by atoms with van der Waals surface area (Å²) in [6, 6.07) is 11.2. The van der Waals surface area contributed by atoms with E-state index in [4.69, 9.17) is 11.6 Å². The minimum Gasteiger partial charge on any atom is -0.387 e. The number of carbonyl (C=O) groups excluding carboxylic acids is 1. The van der Waals surface area contributed by atoms with Gasteiger partial charge in [0, 0.05) is 29.4 Å². The molecule has 21 heavy (non-hydrogen) atoms. The molecular weight excluding hydrogens is 288 g/mol. The molecule has 1 fully saturated rings. The quantitative estimate of drug-likeness (QED) is 0.892. The van der Waals surface area contributed by atoms with Crippen molar-refractivity contribution in [2.24, 2.45) is 0 Å². The van der Waals surface area contributed by atoms with Crippen molar-refractivity contribution in [2.45, 2.75) is 25.0 Å². The van der Waals surface area contributed by atoms with Crippen LogP contribution in [0.4, 0.5) is 0 Å². The molecule has 3 rings (SSSR count). The number of aliphatic hydroxyl groups excluding tert-OH is 1. The molecule has 5 heteroatoms. The molecule has 0 spiro atoms. The van der Waals surface area contributed by atoms with Gasteiger partial charge in [0.15, 0.2) is 0 Å². The molecule has 1 aliphatic rings. The van der Waals surface area contributed by atoms with Crippen LogP contribution in [0.2, 0.25) is 5.02 Å². The Morgan fingerprint density at radius 3 is 2.81 bits per heavy atom. The van der Waals surface area contributed by atoms with Gasteiger partial charge in [0.25, 0.3) is 5.91 Å². The fraction of sp³-hybridized carbons (Fsp3) is 0.312. The fourth-order valence-electron chi connectivity index (χ4n) is 2.39. The van der Waals surface area contributed by atoms with E-state index in [9.17, 15) is 9.90 Å². The summed E-state index contributed by atoms with van der Waals surface area (Å²) in [6.07, 6.45) is 3.36. The van der Waals surface area contributed by atoms with Crippen molar-refractivity contribution in [1.29, 1.82) is 0 Å². The van der Waals surface area contributed by atoms with Crippen LogP contribution in [0.5, 0.6) is 0 Å². The molecule has 1 heterocycles. The minimum atomic E-state index is -0.813. The molecule has 110 valence electrons. The number of hydrogen-bond acceptors (Lipinski definition) is 2. The summed E-state index contributed by atoms with van der Waals surface area (Å²) in [6.45, 7) is 0.137. The first-order valence-corrected chi connectivity index (χ1v) is 7.42. The van der Waals surface area contributed by atoms with Gasteiger partial charge in [-0.05, 0) is 31.0 Å². The molecule has 1 atom stereocenters. The third-order valence-electron chi connectivity index (χ3n) is 3.67. The zero-order chi connectivity index (χ0) is 14.8. The van der Waals surface area contributed by atoms with E-state index in [0.717, 1.165) is 12.8 Å². The van der Waals surface area contributed by atoms with Gasteiger partial charge >= 0.3 is 0 Å². The number of aliphatic hydroxyl groups is 1. The van der Waals surface area contributed by atoms with Crippen LogP contribution >= 0.6 is 11.6 Å². The highest BCUT2D eigenvalue weighted by atomic mass is 35.5. The Bertz CT molecular complexity index is 649. The van der Waals surface area contributed by atoms with Crippen molar-refractivity contribution in [2.75, 3.05) is 6.54 Å². The Labute approximate surface area is 128 Å². The summed E-state index contributed by atoms with van der Waals surface area (Å²) in [5.74, 6) is -0.169. The molecule has 0 bridgehead atoms. The zero-order valence-corrected chi connectivity index (χ0v) is 12.3. The van der Waals surface area contributed by atoms with Gasteiger partial charge < -0.3 is 15.0 Å². The Kier molecular flexibility index (Phi) is 3.99. The Hall–Kier alpha value is -1.78. The van der Waals surface area contributed by atoms with Crippen molar-refractivity contribution < 1.29 is 9.90 Å². The predicted octanol–water partition coefficient (Wildman–Crippen LogP) is 2.94. The highest BCUT2D eigenvalue weighted by Gasteiger charge is 2.26.